The lowest BCUT2D eigenvalue weighted by Gasteiger charge is -2.14. The van der Waals surface area contributed by atoms with Gasteiger partial charge in [0.15, 0.2) is 0 Å². The fourth-order valence-corrected chi connectivity index (χ4v) is 3.10. The van der Waals surface area contributed by atoms with Crippen molar-refractivity contribution in [2.45, 2.75) is 17.9 Å². The molecule has 0 aromatic heterocycles. The summed E-state index contributed by atoms with van der Waals surface area (Å²) in [5, 5.41) is 10.6. The summed E-state index contributed by atoms with van der Waals surface area (Å²) in [6, 6.07) is 9.46. The van der Waals surface area contributed by atoms with Crippen molar-refractivity contribution in [2.24, 2.45) is 0 Å². The van der Waals surface area contributed by atoms with E-state index in [4.69, 9.17) is 0 Å². The van der Waals surface area contributed by atoms with Crippen molar-refractivity contribution in [1.29, 1.82) is 0 Å². The lowest BCUT2D eigenvalue weighted by molar-refractivity contribution is -0.384. The first-order valence-electron chi connectivity index (χ1n) is 6.32. The molecule has 0 aliphatic heterocycles. The summed E-state index contributed by atoms with van der Waals surface area (Å²) in [5.74, 6) is -0.408. The maximum atomic E-state index is 12.9. The Balaban J connectivity index is 2.19. The monoisotopic (exact) mass is 324 g/mol. The van der Waals surface area contributed by atoms with Crippen LogP contribution in [0.25, 0.3) is 0 Å². The van der Waals surface area contributed by atoms with Crippen molar-refractivity contribution < 1.29 is 17.7 Å². The van der Waals surface area contributed by atoms with E-state index in [0.717, 1.165) is 24.3 Å². The smallest absolute Gasteiger partial charge is 0.258 e. The van der Waals surface area contributed by atoms with Gasteiger partial charge in [-0.3, -0.25) is 10.1 Å². The number of benzene rings is 2. The lowest BCUT2D eigenvalue weighted by Crippen LogP contribution is -2.26. The Labute approximate surface area is 126 Å². The Morgan fingerprint density at radius 1 is 1.09 bits per heavy atom. The van der Waals surface area contributed by atoms with Crippen LogP contribution in [0.2, 0.25) is 0 Å². The minimum Gasteiger partial charge on any atom is -0.258 e. The minimum atomic E-state index is -3.83. The van der Waals surface area contributed by atoms with E-state index >= 15 is 0 Å². The molecule has 6 nitrogen and oxygen atoms in total. The van der Waals surface area contributed by atoms with Crippen molar-refractivity contribution in [1.82, 2.24) is 4.72 Å². The van der Waals surface area contributed by atoms with E-state index in [-0.39, 0.29) is 10.6 Å². The molecular weight excluding hydrogens is 311 g/mol. The van der Waals surface area contributed by atoms with Crippen LogP contribution in [-0.2, 0) is 10.0 Å². The molecule has 0 amide bonds. The first kappa shape index (κ1) is 16.1. The fourth-order valence-electron chi connectivity index (χ4n) is 1.87. The molecule has 2 rings (SSSR count). The number of hydrogen-bond donors (Lipinski definition) is 1. The SMILES string of the molecule is CC(NS(=O)(=O)c1ccc([N+](=O)[O-])cc1)c1ccc(F)cc1. The number of nitrogens with zero attached hydrogens (tertiary/aromatic N) is 1. The molecule has 0 bridgehead atoms. The van der Waals surface area contributed by atoms with Crippen molar-refractivity contribution >= 4 is 15.7 Å². The Morgan fingerprint density at radius 2 is 1.64 bits per heavy atom. The second-order valence-corrected chi connectivity index (χ2v) is 6.36. The van der Waals surface area contributed by atoms with Crippen LogP contribution in [-0.4, -0.2) is 13.3 Å². The van der Waals surface area contributed by atoms with Gasteiger partial charge < -0.3 is 0 Å². The molecule has 0 heterocycles. The molecule has 0 aliphatic rings. The number of nitro benzene ring substituents is 1. The van der Waals surface area contributed by atoms with Gasteiger partial charge in [-0.1, -0.05) is 12.1 Å². The first-order valence-corrected chi connectivity index (χ1v) is 7.80. The van der Waals surface area contributed by atoms with Crippen LogP contribution in [0.1, 0.15) is 18.5 Å². The van der Waals surface area contributed by atoms with Crippen molar-refractivity contribution in [3.8, 4) is 0 Å². The van der Waals surface area contributed by atoms with E-state index in [0.29, 0.717) is 5.56 Å². The summed E-state index contributed by atoms with van der Waals surface area (Å²) in [6.07, 6.45) is 0. The summed E-state index contributed by atoms with van der Waals surface area (Å²) >= 11 is 0. The third-order valence-corrected chi connectivity index (χ3v) is 4.62. The standard InChI is InChI=1S/C14H13FN2O4S/c1-10(11-2-4-12(15)5-3-11)16-22(20,21)14-8-6-13(7-9-14)17(18)19/h2-10,16H,1H3. The fraction of sp³-hybridized carbons (Fsp3) is 0.143. The number of sulfonamides is 1. The van der Waals surface area contributed by atoms with Gasteiger partial charge in [-0.25, -0.2) is 17.5 Å². The number of hydrogen-bond acceptors (Lipinski definition) is 4. The molecule has 2 aromatic carbocycles. The number of non-ortho nitro benzene ring substituents is 1. The zero-order chi connectivity index (χ0) is 16.3. The second-order valence-electron chi connectivity index (χ2n) is 4.65. The normalized spacial score (nSPS) is 12.8. The first-order chi connectivity index (χ1) is 10.3. The molecule has 1 atom stereocenters. The molecule has 116 valence electrons. The molecule has 2 aromatic rings. The van der Waals surface area contributed by atoms with Crippen LogP contribution < -0.4 is 4.72 Å². The van der Waals surface area contributed by atoms with Gasteiger partial charge in [0, 0.05) is 18.2 Å². The highest BCUT2D eigenvalue weighted by Crippen LogP contribution is 2.19. The van der Waals surface area contributed by atoms with Gasteiger partial charge in [-0.05, 0) is 36.8 Å². The number of rotatable bonds is 5. The third kappa shape index (κ3) is 3.66. The van der Waals surface area contributed by atoms with Gasteiger partial charge in [0.2, 0.25) is 10.0 Å². The van der Waals surface area contributed by atoms with Crippen LogP contribution in [0, 0.1) is 15.9 Å². The van der Waals surface area contributed by atoms with Crippen molar-refractivity contribution in [3.05, 3.63) is 70.0 Å². The van der Waals surface area contributed by atoms with E-state index < -0.39 is 26.8 Å². The maximum absolute atomic E-state index is 12.9. The molecule has 1 unspecified atom stereocenters. The Hall–Kier alpha value is -2.32. The van der Waals surface area contributed by atoms with Gasteiger partial charge in [-0.2, -0.15) is 0 Å². The number of nitrogens with one attached hydrogen (secondary N) is 1. The van der Waals surface area contributed by atoms with Crippen LogP contribution >= 0.6 is 0 Å². The molecule has 0 spiro atoms. The molecule has 0 saturated heterocycles. The van der Waals surface area contributed by atoms with E-state index in [1.54, 1.807) is 6.92 Å². The highest BCUT2D eigenvalue weighted by atomic mass is 32.2. The van der Waals surface area contributed by atoms with Crippen LogP contribution in [0.4, 0.5) is 10.1 Å². The quantitative estimate of drug-likeness (QED) is 0.676. The van der Waals surface area contributed by atoms with Gasteiger partial charge in [0.05, 0.1) is 9.82 Å². The van der Waals surface area contributed by atoms with Crippen molar-refractivity contribution in [3.63, 3.8) is 0 Å². The highest BCUT2D eigenvalue weighted by molar-refractivity contribution is 7.89. The predicted molar refractivity (Wildman–Crippen MR) is 78.2 cm³/mol. The van der Waals surface area contributed by atoms with Gasteiger partial charge >= 0.3 is 0 Å². The minimum absolute atomic E-state index is 0.0768. The molecule has 22 heavy (non-hydrogen) atoms. The summed E-state index contributed by atoms with van der Waals surface area (Å²) in [4.78, 5) is 9.88. The molecular formula is C14H13FN2O4S. The third-order valence-electron chi connectivity index (χ3n) is 3.06. The zero-order valence-corrected chi connectivity index (χ0v) is 12.4. The van der Waals surface area contributed by atoms with Gasteiger partial charge in [0.1, 0.15) is 5.82 Å². The molecule has 1 N–H and O–H groups in total. The Bertz CT molecular complexity index is 773. The summed E-state index contributed by atoms with van der Waals surface area (Å²) < 4.78 is 39.7. The van der Waals surface area contributed by atoms with E-state index in [9.17, 15) is 22.9 Å². The van der Waals surface area contributed by atoms with Crippen LogP contribution in [0.15, 0.2) is 53.4 Å². The highest BCUT2D eigenvalue weighted by Gasteiger charge is 2.19. The maximum Gasteiger partial charge on any atom is 0.269 e. The topological polar surface area (TPSA) is 89.3 Å². The largest absolute Gasteiger partial charge is 0.269 e. The number of nitro groups is 1. The molecule has 0 radical (unpaired) electrons. The van der Waals surface area contributed by atoms with Gasteiger partial charge in [0.25, 0.3) is 5.69 Å². The average molecular weight is 324 g/mol. The molecule has 0 aliphatic carbocycles. The van der Waals surface area contributed by atoms with Crippen LogP contribution in [0.5, 0.6) is 0 Å². The van der Waals surface area contributed by atoms with E-state index in [1.807, 2.05) is 0 Å². The molecule has 0 saturated carbocycles. The molecule has 0 fully saturated rings. The second kappa shape index (κ2) is 6.20. The molecule has 8 heteroatoms. The average Bonchev–Trinajstić information content (AvgIpc) is 2.47. The predicted octanol–water partition coefficient (Wildman–Crippen LogP) is 2.77. The summed E-state index contributed by atoms with van der Waals surface area (Å²) in [5.41, 5.74) is 0.414. The van der Waals surface area contributed by atoms with Gasteiger partial charge in [-0.15, -0.1) is 0 Å². The summed E-state index contributed by atoms with van der Waals surface area (Å²) in [6.45, 7) is 1.62. The Morgan fingerprint density at radius 3 is 2.14 bits per heavy atom. The zero-order valence-electron chi connectivity index (χ0n) is 11.6. The summed E-state index contributed by atoms with van der Waals surface area (Å²) in [7, 11) is -3.83. The van der Waals surface area contributed by atoms with E-state index in [1.165, 1.54) is 24.3 Å². The Kier molecular flexibility index (Phi) is 4.53. The van der Waals surface area contributed by atoms with E-state index in [2.05, 4.69) is 4.72 Å². The van der Waals surface area contributed by atoms with Crippen molar-refractivity contribution in [2.75, 3.05) is 0 Å². The lowest BCUT2D eigenvalue weighted by atomic mass is 10.1. The number of halogens is 1. The van der Waals surface area contributed by atoms with Crippen LogP contribution in [0.3, 0.4) is 0 Å².